The van der Waals surface area contributed by atoms with Gasteiger partial charge in [0.25, 0.3) is 0 Å². The van der Waals surface area contributed by atoms with Gasteiger partial charge < -0.3 is 20.3 Å². The van der Waals surface area contributed by atoms with Gasteiger partial charge in [0.15, 0.2) is 0 Å². The lowest BCUT2D eigenvalue weighted by Crippen LogP contribution is -2.46. The van der Waals surface area contributed by atoms with Crippen molar-refractivity contribution >= 4 is 11.9 Å². The van der Waals surface area contributed by atoms with Crippen LogP contribution in [0.1, 0.15) is 245 Å². The first-order valence-electron chi connectivity index (χ1n) is 24.2. The van der Waals surface area contributed by atoms with Crippen molar-refractivity contribution in [2.24, 2.45) is 0 Å². The molecule has 0 saturated carbocycles. The van der Waals surface area contributed by atoms with Gasteiger partial charge in [-0.1, -0.05) is 205 Å². The second-order valence-electron chi connectivity index (χ2n) is 16.5. The van der Waals surface area contributed by atoms with Crippen LogP contribution in [0.15, 0.2) is 36.5 Å². The van der Waals surface area contributed by atoms with Crippen molar-refractivity contribution < 1.29 is 24.5 Å². The molecule has 0 aromatic rings. The molecule has 0 aliphatic heterocycles. The Morgan fingerprint density at radius 2 is 0.964 bits per heavy atom. The number of esters is 1. The third-order valence-corrected chi connectivity index (χ3v) is 11.0. The molecule has 0 rings (SSSR count). The van der Waals surface area contributed by atoms with E-state index in [1.807, 2.05) is 0 Å². The summed E-state index contributed by atoms with van der Waals surface area (Å²) in [5.74, 6) is -0.529. The van der Waals surface area contributed by atoms with Gasteiger partial charge in [0.1, 0.15) is 6.10 Å². The van der Waals surface area contributed by atoms with Gasteiger partial charge in [-0.25, -0.2) is 0 Å². The van der Waals surface area contributed by atoms with E-state index in [9.17, 15) is 19.8 Å². The summed E-state index contributed by atoms with van der Waals surface area (Å²) in [5.41, 5.74) is 0. The van der Waals surface area contributed by atoms with Crippen molar-refractivity contribution in [2.75, 3.05) is 6.61 Å². The Bertz CT molecular complexity index is 930. The van der Waals surface area contributed by atoms with Crippen LogP contribution in [-0.4, -0.2) is 46.9 Å². The summed E-state index contributed by atoms with van der Waals surface area (Å²) in [6, 6.07) is -0.714. The van der Waals surface area contributed by atoms with E-state index in [1.54, 1.807) is 0 Å². The van der Waals surface area contributed by atoms with Crippen LogP contribution in [0.5, 0.6) is 0 Å². The van der Waals surface area contributed by atoms with Gasteiger partial charge >= 0.3 is 5.97 Å². The van der Waals surface area contributed by atoms with Crippen LogP contribution >= 0.6 is 0 Å². The van der Waals surface area contributed by atoms with E-state index < -0.39 is 18.2 Å². The minimum Gasteiger partial charge on any atom is -0.462 e. The summed E-state index contributed by atoms with van der Waals surface area (Å²) in [5, 5.41) is 23.7. The number of carbonyl (C=O) groups is 2. The van der Waals surface area contributed by atoms with Gasteiger partial charge in [0.2, 0.25) is 5.91 Å². The molecule has 3 N–H and O–H groups in total. The molecule has 0 bridgehead atoms. The number of aliphatic hydroxyl groups is 2. The van der Waals surface area contributed by atoms with Gasteiger partial charge in [-0.3, -0.25) is 9.59 Å². The summed E-state index contributed by atoms with van der Waals surface area (Å²) >= 11 is 0. The van der Waals surface area contributed by atoms with E-state index in [0.717, 1.165) is 70.6 Å². The number of hydrogen-bond donors (Lipinski definition) is 3. The Hall–Kier alpha value is -1.92. The molecule has 328 valence electrons. The smallest absolute Gasteiger partial charge is 0.306 e. The van der Waals surface area contributed by atoms with Crippen molar-refractivity contribution in [3.8, 4) is 0 Å². The third kappa shape index (κ3) is 38.9. The minimum absolute atomic E-state index is 0.0430. The molecular weight excluding hydrogens is 695 g/mol. The standard InChI is InChI=1S/C50H93NO5/c1-4-7-10-13-16-19-22-24-26-27-29-32-35-38-41-46(56-50(55)43-40-37-34-31-21-18-15-12-9-6-3)44-49(54)51-47(45-52)48(53)42-39-36-33-30-28-25-23-20-17-14-11-8-5-2/h12,15,26-27,29,32,46-48,52-53H,4-11,13-14,16-25,28,30-31,33-45H2,1-3H3,(H,51,54)/b15-12-,27-26+,32-29+. The Morgan fingerprint density at radius 3 is 1.48 bits per heavy atom. The predicted octanol–water partition coefficient (Wildman–Crippen LogP) is 14.1. The summed E-state index contributed by atoms with van der Waals surface area (Å²) in [6.45, 7) is 6.40. The van der Waals surface area contributed by atoms with Crippen LogP contribution in [-0.2, 0) is 14.3 Å². The first-order valence-corrected chi connectivity index (χ1v) is 24.2. The molecule has 0 aromatic carbocycles. The van der Waals surface area contributed by atoms with Gasteiger partial charge in [-0.05, 0) is 64.2 Å². The quantitative estimate of drug-likeness (QED) is 0.0247. The molecule has 0 aliphatic carbocycles. The molecule has 56 heavy (non-hydrogen) atoms. The summed E-state index contributed by atoms with van der Waals surface area (Å²) in [7, 11) is 0. The van der Waals surface area contributed by atoms with E-state index in [4.69, 9.17) is 4.74 Å². The maximum atomic E-state index is 13.1. The van der Waals surface area contributed by atoms with E-state index >= 15 is 0 Å². The summed E-state index contributed by atoms with van der Waals surface area (Å²) in [4.78, 5) is 26.0. The molecule has 0 aromatic heterocycles. The minimum atomic E-state index is -0.797. The van der Waals surface area contributed by atoms with Crippen LogP contribution in [0.4, 0.5) is 0 Å². The molecule has 0 heterocycles. The Kier molecular flexibility index (Phi) is 42.7. The molecule has 0 aliphatic rings. The first-order chi connectivity index (χ1) is 27.5. The number of aliphatic hydroxyl groups excluding tert-OH is 2. The lowest BCUT2D eigenvalue weighted by atomic mass is 10.0. The fraction of sp³-hybridized carbons (Fsp3) is 0.840. The highest BCUT2D eigenvalue weighted by molar-refractivity contribution is 5.77. The second-order valence-corrected chi connectivity index (χ2v) is 16.5. The summed E-state index contributed by atoms with van der Waals surface area (Å²) < 4.78 is 5.87. The van der Waals surface area contributed by atoms with Gasteiger partial charge in [0, 0.05) is 6.42 Å². The fourth-order valence-electron chi connectivity index (χ4n) is 7.25. The molecule has 0 spiro atoms. The van der Waals surface area contributed by atoms with Crippen LogP contribution in [0.3, 0.4) is 0 Å². The van der Waals surface area contributed by atoms with Crippen molar-refractivity contribution in [1.82, 2.24) is 5.32 Å². The Morgan fingerprint density at radius 1 is 0.518 bits per heavy atom. The molecule has 3 atom stereocenters. The highest BCUT2D eigenvalue weighted by atomic mass is 16.5. The number of rotatable bonds is 43. The fourth-order valence-corrected chi connectivity index (χ4v) is 7.25. The maximum absolute atomic E-state index is 13.1. The van der Waals surface area contributed by atoms with Crippen molar-refractivity contribution in [2.45, 2.75) is 264 Å². The van der Waals surface area contributed by atoms with E-state index in [1.165, 1.54) is 128 Å². The van der Waals surface area contributed by atoms with Crippen molar-refractivity contribution in [1.29, 1.82) is 0 Å². The van der Waals surface area contributed by atoms with Crippen LogP contribution < -0.4 is 5.32 Å². The number of amides is 1. The zero-order valence-corrected chi connectivity index (χ0v) is 37.3. The van der Waals surface area contributed by atoms with Crippen LogP contribution in [0.25, 0.3) is 0 Å². The van der Waals surface area contributed by atoms with E-state index in [0.29, 0.717) is 19.3 Å². The third-order valence-electron chi connectivity index (χ3n) is 11.0. The normalized spacial score (nSPS) is 13.6. The van der Waals surface area contributed by atoms with Gasteiger partial charge in [-0.2, -0.15) is 0 Å². The van der Waals surface area contributed by atoms with Crippen molar-refractivity contribution in [3.05, 3.63) is 36.5 Å². The number of unbranched alkanes of at least 4 members (excludes halogenated alkanes) is 26. The highest BCUT2D eigenvalue weighted by Gasteiger charge is 2.24. The van der Waals surface area contributed by atoms with E-state index in [2.05, 4.69) is 62.5 Å². The molecule has 0 radical (unpaired) electrons. The number of ether oxygens (including phenoxy) is 1. The van der Waals surface area contributed by atoms with Crippen LogP contribution in [0.2, 0.25) is 0 Å². The monoisotopic (exact) mass is 788 g/mol. The SMILES string of the molecule is CCC/C=C\CCCCCCCC(=O)OC(CCC/C=C/C=C/CCCCCCCCC)CC(=O)NC(CO)C(O)CCCCCCCCCCCCCCC. The molecule has 6 heteroatoms. The second kappa shape index (κ2) is 44.2. The molecule has 6 nitrogen and oxygen atoms in total. The van der Waals surface area contributed by atoms with E-state index in [-0.39, 0.29) is 24.9 Å². The van der Waals surface area contributed by atoms with Gasteiger partial charge in [-0.15, -0.1) is 0 Å². The summed E-state index contributed by atoms with van der Waals surface area (Å²) in [6.07, 6.45) is 50.7. The number of allylic oxidation sites excluding steroid dienone is 6. The zero-order chi connectivity index (χ0) is 41.0. The molecular formula is C50H93NO5. The average Bonchev–Trinajstić information content (AvgIpc) is 3.19. The van der Waals surface area contributed by atoms with Crippen LogP contribution in [0, 0.1) is 0 Å². The zero-order valence-electron chi connectivity index (χ0n) is 37.3. The van der Waals surface area contributed by atoms with Gasteiger partial charge in [0.05, 0.1) is 25.2 Å². The number of hydrogen-bond acceptors (Lipinski definition) is 5. The number of nitrogens with one attached hydrogen (secondary N) is 1. The maximum Gasteiger partial charge on any atom is 0.306 e. The largest absolute Gasteiger partial charge is 0.462 e. The Labute approximate surface area is 347 Å². The Balaban J connectivity index is 4.64. The van der Waals surface area contributed by atoms with Crippen molar-refractivity contribution in [3.63, 3.8) is 0 Å². The highest BCUT2D eigenvalue weighted by Crippen LogP contribution is 2.17. The first kappa shape index (κ1) is 54.1. The number of carbonyl (C=O) groups excluding carboxylic acids is 2. The molecule has 3 unspecified atom stereocenters. The topological polar surface area (TPSA) is 95.9 Å². The average molecular weight is 788 g/mol. The predicted molar refractivity (Wildman–Crippen MR) is 241 cm³/mol. The lowest BCUT2D eigenvalue weighted by Gasteiger charge is -2.24. The lowest BCUT2D eigenvalue weighted by molar-refractivity contribution is -0.151. The molecule has 0 fully saturated rings. The molecule has 1 amide bonds. The molecule has 0 saturated heterocycles.